The fourth-order valence-corrected chi connectivity index (χ4v) is 5.83. The molecule has 8 rings (SSSR count). The first-order valence-electron chi connectivity index (χ1n) is 14.0. The van der Waals surface area contributed by atoms with Crippen molar-refractivity contribution in [3.05, 3.63) is 146 Å². The van der Waals surface area contributed by atoms with E-state index in [1.807, 2.05) is 79.1 Å². The van der Waals surface area contributed by atoms with Gasteiger partial charge in [-0.1, -0.05) is 121 Å². The summed E-state index contributed by atoms with van der Waals surface area (Å²) in [5.41, 5.74) is 5.03. The van der Waals surface area contributed by atoms with Gasteiger partial charge in [0.1, 0.15) is 0 Å². The van der Waals surface area contributed by atoms with Gasteiger partial charge in [0.2, 0.25) is 0 Å². The standard InChI is InChI=1S/C38H24N4/c1-3-12-26(13-4-1)36-40-37(27-14-5-2-6-15-27)42-38(41-36)33-18-10-9-17-31(33)34-23-28-24-39-22-21-30(28)35-29-16-8-7-11-25(29)19-20-32(34)35/h1-24H. The van der Waals surface area contributed by atoms with E-state index in [4.69, 9.17) is 15.0 Å². The Balaban J connectivity index is 1.43. The molecule has 0 aliphatic carbocycles. The van der Waals surface area contributed by atoms with Crippen LogP contribution in [-0.2, 0) is 0 Å². The predicted octanol–water partition coefficient (Wildman–Crippen LogP) is 9.39. The topological polar surface area (TPSA) is 51.6 Å². The Morgan fingerprint density at radius 1 is 0.381 bits per heavy atom. The van der Waals surface area contributed by atoms with Crippen molar-refractivity contribution >= 4 is 32.3 Å². The molecule has 0 saturated heterocycles. The molecule has 0 spiro atoms. The summed E-state index contributed by atoms with van der Waals surface area (Å²) in [5, 5.41) is 7.13. The summed E-state index contributed by atoms with van der Waals surface area (Å²) in [7, 11) is 0. The normalized spacial score (nSPS) is 11.3. The van der Waals surface area contributed by atoms with Gasteiger partial charge < -0.3 is 0 Å². The molecule has 0 radical (unpaired) electrons. The summed E-state index contributed by atoms with van der Waals surface area (Å²) in [6.07, 6.45) is 3.82. The maximum absolute atomic E-state index is 5.04. The maximum atomic E-state index is 5.04. The van der Waals surface area contributed by atoms with Crippen LogP contribution in [0.4, 0.5) is 0 Å². The molecular weight excluding hydrogens is 512 g/mol. The second kappa shape index (κ2) is 10.0. The van der Waals surface area contributed by atoms with Crippen molar-refractivity contribution in [3.8, 4) is 45.3 Å². The van der Waals surface area contributed by atoms with Crippen LogP contribution in [0.25, 0.3) is 77.6 Å². The van der Waals surface area contributed by atoms with Crippen LogP contribution in [0.5, 0.6) is 0 Å². The smallest absolute Gasteiger partial charge is 0.164 e. The lowest BCUT2D eigenvalue weighted by molar-refractivity contribution is 1.07. The molecule has 0 atom stereocenters. The molecule has 4 nitrogen and oxygen atoms in total. The third kappa shape index (κ3) is 4.09. The zero-order valence-electron chi connectivity index (χ0n) is 22.6. The summed E-state index contributed by atoms with van der Waals surface area (Å²) < 4.78 is 0. The second-order valence-corrected chi connectivity index (χ2v) is 10.3. The van der Waals surface area contributed by atoms with E-state index >= 15 is 0 Å². The highest BCUT2D eigenvalue weighted by Gasteiger charge is 2.18. The third-order valence-corrected chi connectivity index (χ3v) is 7.80. The fourth-order valence-electron chi connectivity index (χ4n) is 5.83. The fraction of sp³-hybridized carbons (Fsp3) is 0. The first-order chi connectivity index (χ1) is 20.8. The van der Waals surface area contributed by atoms with E-state index in [-0.39, 0.29) is 0 Å². The molecule has 6 aromatic carbocycles. The van der Waals surface area contributed by atoms with Crippen molar-refractivity contribution in [1.82, 2.24) is 19.9 Å². The van der Waals surface area contributed by atoms with E-state index in [0.717, 1.165) is 33.2 Å². The van der Waals surface area contributed by atoms with Crippen molar-refractivity contribution in [2.75, 3.05) is 0 Å². The van der Waals surface area contributed by atoms with Gasteiger partial charge >= 0.3 is 0 Å². The molecule has 0 saturated carbocycles. The van der Waals surface area contributed by atoms with Crippen LogP contribution in [0.3, 0.4) is 0 Å². The zero-order valence-corrected chi connectivity index (χ0v) is 22.6. The molecule has 8 aromatic rings. The number of hydrogen-bond acceptors (Lipinski definition) is 4. The van der Waals surface area contributed by atoms with E-state index in [9.17, 15) is 0 Å². The number of benzene rings is 6. The van der Waals surface area contributed by atoms with E-state index in [1.54, 1.807) is 0 Å². The molecule has 0 N–H and O–H groups in total. The van der Waals surface area contributed by atoms with Crippen molar-refractivity contribution < 1.29 is 0 Å². The largest absolute Gasteiger partial charge is 0.264 e. The molecular formula is C38H24N4. The average molecular weight is 537 g/mol. The lowest BCUT2D eigenvalue weighted by Gasteiger charge is -2.16. The summed E-state index contributed by atoms with van der Waals surface area (Å²) in [6, 6.07) is 46.0. The maximum Gasteiger partial charge on any atom is 0.164 e. The molecule has 42 heavy (non-hydrogen) atoms. The summed E-state index contributed by atoms with van der Waals surface area (Å²) in [6.45, 7) is 0. The van der Waals surface area contributed by atoms with Gasteiger partial charge in [0, 0.05) is 34.5 Å². The second-order valence-electron chi connectivity index (χ2n) is 10.3. The number of pyridine rings is 1. The molecule has 196 valence electrons. The predicted molar refractivity (Wildman–Crippen MR) is 172 cm³/mol. The first-order valence-corrected chi connectivity index (χ1v) is 14.0. The van der Waals surface area contributed by atoms with Gasteiger partial charge in [0.05, 0.1) is 0 Å². The van der Waals surface area contributed by atoms with Crippen LogP contribution in [0.1, 0.15) is 0 Å². The van der Waals surface area contributed by atoms with Crippen LogP contribution >= 0.6 is 0 Å². The van der Waals surface area contributed by atoms with Crippen LogP contribution in [-0.4, -0.2) is 19.9 Å². The van der Waals surface area contributed by atoms with E-state index in [0.29, 0.717) is 17.5 Å². The van der Waals surface area contributed by atoms with Gasteiger partial charge in [-0.15, -0.1) is 0 Å². The highest BCUT2D eigenvalue weighted by atomic mass is 15.0. The number of nitrogens with zero attached hydrogens (tertiary/aromatic N) is 4. The highest BCUT2D eigenvalue weighted by Crippen LogP contribution is 2.41. The summed E-state index contributed by atoms with van der Waals surface area (Å²) in [4.78, 5) is 19.5. The van der Waals surface area contributed by atoms with Crippen LogP contribution in [0.15, 0.2) is 146 Å². The van der Waals surface area contributed by atoms with Crippen molar-refractivity contribution in [2.45, 2.75) is 0 Å². The molecule has 0 amide bonds. The quantitative estimate of drug-likeness (QED) is 0.210. The van der Waals surface area contributed by atoms with Crippen LogP contribution in [0.2, 0.25) is 0 Å². The minimum atomic E-state index is 0.638. The van der Waals surface area contributed by atoms with Crippen LogP contribution < -0.4 is 0 Å². The number of fused-ring (bicyclic) bond motifs is 5. The summed E-state index contributed by atoms with van der Waals surface area (Å²) in [5.74, 6) is 1.93. The Hall–Kier alpha value is -5.74. The third-order valence-electron chi connectivity index (χ3n) is 7.80. The van der Waals surface area contributed by atoms with Gasteiger partial charge in [-0.05, 0) is 50.2 Å². The lowest BCUT2D eigenvalue weighted by Crippen LogP contribution is -2.01. The molecule has 0 aliphatic heterocycles. The Morgan fingerprint density at radius 3 is 1.71 bits per heavy atom. The van der Waals surface area contributed by atoms with Gasteiger partial charge in [0.15, 0.2) is 17.5 Å². The number of rotatable bonds is 4. The molecule has 4 heteroatoms. The van der Waals surface area contributed by atoms with E-state index in [2.05, 4.69) is 71.7 Å². The van der Waals surface area contributed by atoms with Gasteiger partial charge in [-0.3, -0.25) is 4.98 Å². The SMILES string of the molecule is c1ccc(-c2nc(-c3ccccc3)nc(-c3ccccc3-c3cc4cnccc4c4c3ccc3ccccc34)n2)cc1. The molecule has 2 aromatic heterocycles. The first kappa shape index (κ1) is 24.1. The highest BCUT2D eigenvalue weighted by molar-refractivity contribution is 6.24. The van der Waals surface area contributed by atoms with Gasteiger partial charge in [-0.2, -0.15) is 0 Å². The molecule has 2 heterocycles. The molecule has 0 bridgehead atoms. The summed E-state index contributed by atoms with van der Waals surface area (Å²) >= 11 is 0. The Bertz CT molecular complexity index is 2170. The van der Waals surface area contributed by atoms with Gasteiger partial charge in [-0.25, -0.2) is 15.0 Å². The minimum Gasteiger partial charge on any atom is -0.264 e. The Kier molecular flexibility index (Phi) is 5.75. The van der Waals surface area contributed by atoms with Crippen molar-refractivity contribution in [1.29, 1.82) is 0 Å². The van der Waals surface area contributed by atoms with E-state index in [1.165, 1.54) is 26.9 Å². The Labute approximate surface area is 243 Å². The molecule has 0 fully saturated rings. The van der Waals surface area contributed by atoms with Crippen molar-refractivity contribution in [2.24, 2.45) is 0 Å². The Morgan fingerprint density at radius 2 is 0.976 bits per heavy atom. The minimum absolute atomic E-state index is 0.638. The number of aromatic nitrogens is 4. The number of hydrogen-bond donors (Lipinski definition) is 0. The average Bonchev–Trinajstić information content (AvgIpc) is 3.08. The molecule has 0 unspecified atom stereocenters. The lowest BCUT2D eigenvalue weighted by atomic mass is 9.89. The van der Waals surface area contributed by atoms with Crippen LogP contribution in [0, 0.1) is 0 Å². The zero-order chi connectivity index (χ0) is 27.9. The van der Waals surface area contributed by atoms with Crippen molar-refractivity contribution in [3.63, 3.8) is 0 Å². The van der Waals surface area contributed by atoms with E-state index < -0.39 is 0 Å². The monoisotopic (exact) mass is 536 g/mol. The van der Waals surface area contributed by atoms with Gasteiger partial charge in [0.25, 0.3) is 0 Å². The molecule has 0 aliphatic rings.